The predicted octanol–water partition coefficient (Wildman–Crippen LogP) is 4.41. The number of carbonyl (C=O) groups excluding carboxylic acids is 1. The van der Waals surface area contributed by atoms with Crippen LogP contribution in [0.3, 0.4) is 0 Å². The summed E-state index contributed by atoms with van der Waals surface area (Å²) in [6, 6.07) is 10.1. The summed E-state index contributed by atoms with van der Waals surface area (Å²) in [4.78, 5) is 27.7. The lowest BCUT2D eigenvalue weighted by Crippen LogP contribution is -2.38. The fourth-order valence-corrected chi connectivity index (χ4v) is 3.80. The van der Waals surface area contributed by atoms with Gasteiger partial charge in [-0.1, -0.05) is 12.1 Å². The van der Waals surface area contributed by atoms with Crippen molar-refractivity contribution in [2.24, 2.45) is 0 Å². The van der Waals surface area contributed by atoms with E-state index in [-0.39, 0.29) is 17.6 Å². The molecular formula is C24H23FN4O. The number of likely N-dealkylation sites (tertiary alicyclic amines) is 1. The lowest BCUT2D eigenvalue weighted by molar-refractivity contribution is -0.127. The van der Waals surface area contributed by atoms with Crippen LogP contribution in [0.4, 0.5) is 4.39 Å². The molecule has 4 rings (SSSR count). The summed E-state index contributed by atoms with van der Waals surface area (Å²) >= 11 is 0. The van der Waals surface area contributed by atoms with Crippen LogP contribution in [0.1, 0.15) is 35.8 Å². The van der Waals surface area contributed by atoms with E-state index >= 15 is 0 Å². The topological polar surface area (TPSA) is 59.0 Å². The monoisotopic (exact) mass is 402 g/mol. The van der Waals surface area contributed by atoms with Crippen molar-refractivity contribution in [1.82, 2.24) is 19.9 Å². The average Bonchev–Trinajstić information content (AvgIpc) is 2.79. The van der Waals surface area contributed by atoms with Crippen molar-refractivity contribution in [3.05, 3.63) is 84.0 Å². The maximum atomic E-state index is 13.4. The Balaban J connectivity index is 1.56. The van der Waals surface area contributed by atoms with E-state index in [0.717, 1.165) is 41.8 Å². The van der Waals surface area contributed by atoms with Crippen LogP contribution in [0, 0.1) is 12.7 Å². The van der Waals surface area contributed by atoms with Crippen LogP contribution >= 0.6 is 0 Å². The first-order valence-electron chi connectivity index (χ1n) is 10.1. The summed E-state index contributed by atoms with van der Waals surface area (Å²) in [5.41, 5.74) is 3.64. The molecule has 3 aromatic rings. The Morgan fingerprint density at radius 2 is 1.93 bits per heavy atom. The molecule has 1 fully saturated rings. The molecule has 2 aromatic heterocycles. The molecule has 0 bridgehead atoms. The van der Waals surface area contributed by atoms with Gasteiger partial charge in [0, 0.05) is 49.2 Å². The molecule has 1 aromatic carbocycles. The minimum Gasteiger partial charge on any atom is -0.338 e. The number of aromatic nitrogens is 3. The molecule has 0 N–H and O–H groups in total. The quantitative estimate of drug-likeness (QED) is 0.607. The van der Waals surface area contributed by atoms with Crippen LogP contribution in [0.25, 0.3) is 17.2 Å². The molecule has 1 saturated heterocycles. The van der Waals surface area contributed by atoms with Crippen LogP contribution in [-0.4, -0.2) is 38.8 Å². The molecule has 30 heavy (non-hydrogen) atoms. The number of carbonyl (C=O) groups is 1. The van der Waals surface area contributed by atoms with Crippen molar-refractivity contribution in [3.8, 4) is 11.1 Å². The smallest absolute Gasteiger partial charge is 0.246 e. The van der Waals surface area contributed by atoms with Gasteiger partial charge in [0.2, 0.25) is 5.91 Å². The van der Waals surface area contributed by atoms with E-state index in [0.29, 0.717) is 12.4 Å². The molecule has 1 aliphatic heterocycles. The van der Waals surface area contributed by atoms with Gasteiger partial charge in [-0.25, -0.2) is 14.4 Å². The normalized spacial score (nSPS) is 16.7. The standard InChI is InChI=1S/C24H23FN4O/c1-17-27-15-22(19-5-7-21(25)8-6-19)24(28-17)20-3-2-14-29(16-20)23(30)9-4-18-10-12-26-13-11-18/h4-13,15,20H,2-3,14,16H2,1H3. The van der Waals surface area contributed by atoms with Crippen LogP contribution in [0.2, 0.25) is 0 Å². The minimum atomic E-state index is -0.274. The molecule has 1 atom stereocenters. The van der Waals surface area contributed by atoms with Gasteiger partial charge >= 0.3 is 0 Å². The summed E-state index contributed by atoms with van der Waals surface area (Å²) in [6.45, 7) is 3.19. The highest BCUT2D eigenvalue weighted by molar-refractivity contribution is 5.91. The van der Waals surface area contributed by atoms with Gasteiger partial charge in [-0.05, 0) is 61.2 Å². The Hall–Kier alpha value is -3.41. The summed E-state index contributed by atoms with van der Waals surface area (Å²) in [5.74, 6) is 0.519. The Morgan fingerprint density at radius 1 is 1.17 bits per heavy atom. The molecule has 6 heteroatoms. The van der Waals surface area contributed by atoms with Gasteiger partial charge in [-0.2, -0.15) is 0 Å². The first kappa shape index (κ1) is 19.9. The third-order valence-electron chi connectivity index (χ3n) is 5.34. The lowest BCUT2D eigenvalue weighted by atomic mass is 9.89. The molecular weight excluding hydrogens is 379 g/mol. The molecule has 0 spiro atoms. The molecule has 0 saturated carbocycles. The van der Waals surface area contributed by atoms with E-state index in [9.17, 15) is 9.18 Å². The van der Waals surface area contributed by atoms with Gasteiger partial charge in [-0.15, -0.1) is 0 Å². The van der Waals surface area contributed by atoms with Crippen LogP contribution in [0.5, 0.6) is 0 Å². The van der Waals surface area contributed by atoms with Crippen LogP contribution < -0.4 is 0 Å². The molecule has 5 nitrogen and oxygen atoms in total. The summed E-state index contributed by atoms with van der Waals surface area (Å²) in [6.07, 6.45) is 10.5. The number of piperidine rings is 1. The van der Waals surface area contributed by atoms with Crippen LogP contribution in [0.15, 0.2) is 61.1 Å². The third kappa shape index (κ3) is 4.59. The van der Waals surface area contributed by atoms with Gasteiger partial charge in [0.05, 0.1) is 5.69 Å². The fourth-order valence-electron chi connectivity index (χ4n) is 3.80. The number of rotatable bonds is 4. The highest BCUT2D eigenvalue weighted by atomic mass is 19.1. The third-order valence-corrected chi connectivity index (χ3v) is 5.34. The predicted molar refractivity (Wildman–Crippen MR) is 114 cm³/mol. The molecule has 3 heterocycles. The first-order chi connectivity index (χ1) is 14.6. The Labute approximate surface area is 175 Å². The van der Waals surface area contributed by atoms with E-state index < -0.39 is 0 Å². The SMILES string of the molecule is Cc1ncc(-c2ccc(F)cc2)c(C2CCCN(C(=O)C=Cc3ccncc3)C2)n1. The van der Waals surface area contributed by atoms with Crippen molar-refractivity contribution in [2.75, 3.05) is 13.1 Å². The van der Waals surface area contributed by atoms with E-state index in [1.807, 2.05) is 30.0 Å². The highest BCUT2D eigenvalue weighted by Crippen LogP contribution is 2.33. The van der Waals surface area contributed by atoms with Gasteiger partial charge in [-0.3, -0.25) is 9.78 Å². The minimum absolute atomic E-state index is 0.00868. The average molecular weight is 402 g/mol. The van der Waals surface area contributed by atoms with E-state index in [1.54, 1.807) is 36.8 Å². The van der Waals surface area contributed by atoms with Gasteiger partial charge in [0.25, 0.3) is 0 Å². The lowest BCUT2D eigenvalue weighted by Gasteiger charge is -2.32. The summed E-state index contributed by atoms with van der Waals surface area (Å²) in [5, 5.41) is 0. The second-order valence-corrected chi connectivity index (χ2v) is 7.46. The second kappa shape index (κ2) is 8.95. The summed E-state index contributed by atoms with van der Waals surface area (Å²) < 4.78 is 13.4. The Kier molecular flexibility index (Phi) is 5.93. The van der Waals surface area contributed by atoms with Gasteiger partial charge < -0.3 is 4.90 Å². The number of nitrogens with zero attached hydrogens (tertiary/aromatic N) is 4. The highest BCUT2D eigenvalue weighted by Gasteiger charge is 2.27. The zero-order valence-corrected chi connectivity index (χ0v) is 16.8. The Morgan fingerprint density at radius 3 is 2.70 bits per heavy atom. The number of hydrogen-bond donors (Lipinski definition) is 0. The van der Waals surface area contributed by atoms with E-state index in [1.165, 1.54) is 12.1 Å². The number of hydrogen-bond acceptors (Lipinski definition) is 4. The molecule has 152 valence electrons. The number of aryl methyl sites for hydroxylation is 1. The molecule has 1 aliphatic rings. The Bertz CT molecular complexity index is 1050. The maximum Gasteiger partial charge on any atom is 0.246 e. The van der Waals surface area contributed by atoms with Crippen molar-refractivity contribution in [2.45, 2.75) is 25.7 Å². The van der Waals surface area contributed by atoms with Gasteiger partial charge in [0.15, 0.2) is 0 Å². The first-order valence-corrected chi connectivity index (χ1v) is 10.1. The number of benzene rings is 1. The zero-order chi connectivity index (χ0) is 20.9. The zero-order valence-electron chi connectivity index (χ0n) is 16.8. The van der Waals surface area contributed by atoms with Crippen LogP contribution in [-0.2, 0) is 4.79 Å². The fraction of sp³-hybridized carbons (Fsp3) is 0.250. The second-order valence-electron chi connectivity index (χ2n) is 7.46. The van der Waals surface area contributed by atoms with Crippen molar-refractivity contribution in [3.63, 3.8) is 0 Å². The van der Waals surface area contributed by atoms with Crippen molar-refractivity contribution in [1.29, 1.82) is 0 Å². The van der Waals surface area contributed by atoms with Gasteiger partial charge in [0.1, 0.15) is 11.6 Å². The van der Waals surface area contributed by atoms with Crippen molar-refractivity contribution < 1.29 is 9.18 Å². The number of amides is 1. The molecule has 1 unspecified atom stereocenters. The summed E-state index contributed by atoms with van der Waals surface area (Å²) in [7, 11) is 0. The molecule has 1 amide bonds. The largest absolute Gasteiger partial charge is 0.338 e. The molecule has 0 aliphatic carbocycles. The van der Waals surface area contributed by atoms with E-state index in [4.69, 9.17) is 4.98 Å². The van der Waals surface area contributed by atoms with Crippen molar-refractivity contribution >= 4 is 12.0 Å². The number of pyridine rings is 1. The van der Waals surface area contributed by atoms with E-state index in [2.05, 4.69) is 9.97 Å². The molecule has 0 radical (unpaired) electrons. The number of halogens is 1. The maximum absolute atomic E-state index is 13.4.